The third-order valence-corrected chi connectivity index (χ3v) is 4.97. The van der Waals surface area contributed by atoms with Gasteiger partial charge in [-0.05, 0) is 36.2 Å². The lowest BCUT2D eigenvalue weighted by molar-refractivity contribution is 0.597. The van der Waals surface area contributed by atoms with Crippen molar-refractivity contribution in [3.8, 4) is 0 Å². The monoisotopic (exact) mass is 320 g/mol. The van der Waals surface area contributed by atoms with Gasteiger partial charge in [-0.3, -0.25) is 0 Å². The van der Waals surface area contributed by atoms with Crippen LogP contribution >= 0.6 is 11.6 Å². The van der Waals surface area contributed by atoms with Crippen molar-refractivity contribution < 1.29 is 8.42 Å². The maximum absolute atomic E-state index is 12.0. The quantitative estimate of drug-likeness (QED) is 0.852. The van der Waals surface area contributed by atoms with Crippen molar-refractivity contribution in [1.29, 1.82) is 0 Å². The summed E-state index contributed by atoms with van der Waals surface area (Å²) < 4.78 is 27.7. The van der Waals surface area contributed by atoms with Gasteiger partial charge in [0, 0.05) is 5.02 Å². The molecule has 2 aromatic carbocycles. The summed E-state index contributed by atoms with van der Waals surface area (Å²) in [5.41, 5.74) is 2.53. The number of hydrogen-bond donors (Lipinski definition) is 0. The fourth-order valence-electron chi connectivity index (χ4n) is 2.24. The Balaban J connectivity index is 2.06. The summed E-state index contributed by atoms with van der Waals surface area (Å²) in [6, 6.07) is 12.7. The van der Waals surface area contributed by atoms with E-state index in [0.717, 1.165) is 11.1 Å². The van der Waals surface area contributed by atoms with Gasteiger partial charge < -0.3 is 4.90 Å². The molecule has 108 valence electrons. The highest BCUT2D eigenvalue weighted by atomic mass is 35.5. The molecule has 3 rings (SSSR count). The largest absolute Gasteiger partial charge is 0.326 e. The zero-order chi connectivity index (χ0) is 15.0. The second-order valence-corrected chi connectivity index (χ2v) is 6.89. The Bertz CT molecular complexity index is 831. The molecule has 0 unspecified atom stereocenters. The molecule has 0 aliphatic carbocycles. The second kappa shape index (κ2) is 5.16. The SMILES string of the molecule is Cc1ccc2c(c1)N(Cc1ccccc1Cl)C=NS2(=O)=O. The molecule has 1 aliphatic heterocycles. The summed E-state index contributed by atoms with van der Waals surface area (Å²) >= 11 is 6.17. The maximum atomic E-state index is 12.0. The van der Waals surface area contributed by atoms with Crippen molar-refractivity contribution in [1.82, 2.24) is 0 Å². The van der Waals surface area contributed by atoms with E-state index in [-0.39, 0.29) is 4.90 Å². The predicted molar refractivity (Wildman–Crippen MR) is 84.5 cm³/mol. The van der Waals surface area contributed by atoms with E-state index < -0.39 is 10.0 Å². The summed E-state index contributed by atoms with van der Waals surface area (Å²) in [6.07, 6.45) is 1.35. The van der Waals surface area contributed by atoms with Gasteiger partial charge in [-0.15, -0.1) is 4.40 Å². The fourth-order valence-corrected chi connectivity index (χ4v) is 3.47. The highest BCUT2D eigenvalue weighted by molar-refractivity contribution is 7.90. The average Bonchev–Trinajstić information content (AvgIpc) is 2.44. The van der Waals surface area contributed by atoms with E-state index in [0.29, 0.717) is 17.3 Å². The number of benzene rings is 2. The van der Waals surface area contributed by atoms with Crippen LogP contribution in [-0.4, -0.2) is 14.8 Å². The molecule has 0 N–H and O–H groups in total. The molecular formula is C15H13ClN2O2S. The van der Waals surface area contributed by atoms with Gasteiger partial charge in [0.15, 0.2) is 0 Å². The molecule has 0 aromatic heterocycles. The van der Waals surface area contributed by atoms with Crippen LogP contribution in [0, 0.1) is 6.92 Å². The van der Waals surface area contributed by atoms with E-state index in [1.165, 1.54) is 6.34 Å². The van der Waals surface area contributed by atoms with Gasteiger partial charge in [-0.25, -0.2) is 0 Å². The van der Waals surface area contributed by atoms with E-state index in [1.54, 1.807) is 17.0 Å². The first-order chi connectivity index (χ1) is 9.97. The van der Waals surface area contributed by atoms with Crippen molar-refractivity contribution in [2.45, 2.75) is 18.4 Å². The van der Waals surface area contributed by atoms with Crippen molar-refractivity contribution >= 4 is 33.7 Å². The Morgan fingerprint density at radius 1 is 1.19 bits per heavy atom. The molecule has 0 spiro atoms. The molecule has 21 heavy (non-hydrogen) atoms. The van der Waals surface area contributed by atoms with Gasteiger partial charge >= 0.3 is 0 Å². The Hall–Kier alpha value is -1.85. The standard InChI is InChI=1S/C15H13ClN2O2S/c1-11-6-7-15-14(8-11)18(10-17-21(15,19)20)9-12-4-2-3-5-13(12)16/h2-8,10H,9H2,1H3. The lowest BCUT2D eigenvalue weighted by Gasteiger charge is -2.25. The Kier molecular flexibility index (Phi) is 3.47. The molecule has 0 saturated heterocycles. The fraction of sp³-hybridized carbons (Fsp3) is 0.133. The van der Waals surface area contributed by atoms with Crippen LogP contribution in [0.1, 0.15) is 11.1 Å². The van der Waals surface area contributed by atoms with E-state index >= 15 is 0 Å². The Morgan fingerprint density at radius 3 is 2.71 bits per heavy atom. The molecule has 0 amide bonds. The predicted octanol–water partition coefficient (Wildman–Crippen LogP) is 3.39. The van der Waals surface area contributed by atoms with Gasteiger partial charge in [0.1, 0.15) is 11.2 Å². The first-order valence-corrected chi connectivity index (χ1v) is 8.20. The van der Waals surface area contributed by atoms with Crippen LogP contribution in [0.2, 0.25) is 5.02 Å². The molecule has 1 aliphatic rings. The van der Waals surface area contributed by atoms with Crippen LogP contribution < -0.4 is 4.90 Å². The van der Waals surface area contributed by atoms with Crippen molar-refractivity contribution in [2.75, 3.05) is 4.90 Å². The van der Waals surface area contributed by atoms with Crippen LogP contribution in [0.3, 0.4) is 0 Å². The number of anilines is 1. The van der Waals surface area contributed by atoms with Gasteiger partial charge in [0.05, 0.1) is 12.2 Å². The molecule has 0 bridgehead atoms. The Morgan fingerprint density at radius 2 is 1.95 bits per heavy atom. The molecule has 0 radical (unpaired) electrons. The van der Waals surface area contributed by atoms with Gasteiger partial charge in [0.2, 0.25) is 0 Å². The van der Waals surface area contributed by atoms with Crippen LogP contribution in [0.25, 0.3) is 0 Å². The molecule has 0 fully saturated rings. The number of fused-ring (bicyclic) bond motifs is 1. The summed E-state index contributed by atoms with van der Waals surface area (Å²) in [7, 11) is -3.60. The van der Waals surface area contributed by atoms with Gasteiger partial charge in [0.25, 0.3) is 10.0 Å². The first kappa shape index (κ1) is 14.1. The van der Waals surface area contributed by atoms with E-state index in [1.807, 2.05) is 37.3 Å². The molecule has 6 heteroatoms. The van der Waals surface area contributed by atoms with Crippen molar-refractivity contribution in [3.63, 3.8) is 0 Å². The molecule has 4 nitrogen and oxygen atoms in total. The van der Waals surface area contributed by atoms with Crippen molar-refractivity contribution in [3.05, 3.63) is 58.6 Å². The van der Waals surface area contributed by atoms with Crippen LogP contribution in [0.4, 0.5) is 5.69 Å². The summed E-state index contributed by atoms with van der Waals surface area (Å²) in [5.74, 6) is 0. The van der Waals surface area contributed by atoms with E-state index in [2.05, 4.69) is 4.40 Å². The highest BCUT2D eigenvalue weighted by Gasteiger charge is 2.25. The zero-order valence-electron chi connectivity index (χ0n) is 11.3. The average molecular weight is 321 g/mol. The minimum Gasteiger partial charge on any atom is -0.326 e. The van der Waals surface area contributed by atoms with E-state index in [9.17, 15) is 8.42 Å². The smallest absolute Gasteiger partial charge is 0.285 e. The van der Waals surface area contributed by atoms with Gasteiger partial charge in [-0.1, -0.05) is 35.9 Å². The number of aryl methyl sites for hydroxylation is 1. The van der Waals surface area contributed by atoms with Crippen LogP contribution in [-0.2, 0) is 16.6 Å². The third kappa shape index (κ3) is 2.66. The topological polar surface area (TPSA) is 49.7 Å². The number of hydrogen-bond acceptors (Lipinski definition) is 3. The first-order valence-electron chi connectivity index (χ1n) is 6.38. The molecule has 0 atom stereocenters. The minimum absolute atomic E-state index is 0.225. The highest BCUT2D eigenvalue weighted by Crippen LogP contribution is 2.32. The number of sulfonamides is 1. The molecule has 2 aromatic rings. The minimum atomic E-state index is -3.60. The molecule has 0 saturated carbocycles. The lowest BCUT2D eigenvalue weighted by atomic mass is 10.1. The van der Waals surface area contributed by atoms with E-state index in [4.69, 9.17) is 11.6 Å². The van der Waals surface area contributed by atoms with Crippen molar-refractivity contribution in [2.24, 2.45) is 4.40 Å². The van der Waals surface area contributed by atoms with Gasteiger partial charge in [-0.2, -0.15) is 8.42 Å². The maximum Gasteiger partial charge on any atom is 0.285 e. The number of halogens is 1. The summed E-state index contributed by atoms with van der Waals surface area (Å²) in [4.78, 5) is 2.02. The number of nitrogens with zero attached hydrogens (tertiary/aromatic N) is 2. The molecular weight excluding hydrogens is 308 g/mol. The Labute approximate surface area is 128 Å². The zero-order valence-corrected chi connectivity index (χ0v) is 12.9. The molecule has 1 heterocycles. The summed E-state index contributed by atoms with van der Waals surface area (Å²) in [5, 5.41) is 0.647. The number of rotatable bonds is 2. The normalized spacial score (nSPS) is 15.8. The lowest BCUT2D eigenvalue weighted by Crippen LogP contribution is -2.27. The van der Waals surface area contributed by atoms with Crippen LogP contribution in [0.5, 0.6) is 0 Å². The van der Waals surface area contributed by atoms with Crippen LogP contribution in [0.15, 0.2) is 51.8 Å². The second-order valence-electron chi connectivity index (χ2n) is 4.89. The summed E-state index contributed by atoms with van der Waals surface area (Å²) in [6.45, 7) is 2.39. The third-order valence-electron chi connectivity index (χ3n) is 3.33.